The number of hydrogen-bond donors (Lipinski definition) is 0. The fourth-order valence-corrected chi connectivity index (χ4v) is 2.51. The maximum atomic E-state index is 14.0. The van der Waals surface area contributed by atoms with Crippen LogP contribution in [0.15, 0.2) is 18.2 Å². The Hall–Kier alpha value is -1.42. The highest BCUT2D eigenvalue weighted by molar-refractivity contribution is 5.94. The lowest BCUT2D eigenvalue weighted by atomic mass is 9.95. The first-order valence-electron chi connectivity index (χ1n) is 6.61. The molecule has 1 aromatic rings. The number of nitrogens with zero attached hydrogens (tertiary/aromatic N) is 1. The Bertz CT molecular complexity index is 475. The van der Waals surface area contributed by atoms with Crippen LogP contribution in [0.25, 0.3) is 0 Å². The molecule has 4 heteroatoms. The molecule has 0 N–H and O–H groups in total. The molecule has 0 bridgehead atoms. The minimum Gasteiger partial charge on any atom is -0.379 e. The Labute approximate surface area is 113 Å². The lowest BCUT2D eigenvalue weighted by Crippen LogP contribution is -2.46. The summed E-state index contributed by atoms with van der Waals surface area (Å²) in [5, 5.41) is 0. The zero-order valence-electron chi connectivity index (χ0n) is 11.6. The first-order chi connectivity index (χ1) is 9.04. The number of ether oxygens (including phenoxy) is 1. The van der Waals surface area contributed by atoms with Crippen LogP contribution in [-0.2, 0) is 4.74 Å². The maximum Gasteiger partial charge on any atom is 0.256 e. The van der Waals surface area contributed by atoms with Gasteiger partial charge in [0.25, 0.3) is 5.91 Å². The van der Waals surface area contributed by atoms with E-state index in [0.717, 1.165) is 6.42 Å². The summed E-state index contributed by atoms with van der Waals surface area (Å²) in [6, 6.07) is 4.93. The summed E-state index contributed by atoms with van der Waals surface area (Å²) in [6.07, 6.45) is 0.920. The zero-order valence-corrected chi connectivity index (χ0v) is 11.6. The number of halogens is 1. The van der Waals surface area contributed by atoms with Crippen molar-refractivity contribution in [3.05, 3.63) is 35.1 Å². The highest BCUT2D eigenvalue weighted by Gasteiger charge is 2.30. The SMILES string of the molecule is COC1CN(C(=O)c2cccc(C)c2F)CCC1C. The number of carbonyl (C=O) groups is 1. The first-order valence-corrected chi connectivity index (χ1v) is 6.61. The summed E-state index contributed by atoms with van der Waals surface area (Å²) in [5.41, 5.74) is 0.656. The molecule has 1 amide bonds. The topological polar surface area (TPSA) is 29.5 Å². The second kappa shape index (κ2) is 5.70. The molecule has 0 saturated carbocycles. The van der Waals surface area contributed by atoms with Crippen LogP contribution in [0.3, 0.4) is 0 Å². The van der Waals surface area contributed by atoms with Crippen molar-refractivity contribution >= 4 is 5.91 Å². The molecule has 2 unspecified atom stereocenters. The van der Waals surface area contributed by atoms with Gasteiger partial charge in [-0.15, -0.1) is 0 Å². The number of hydrogen-bond acceptors (Lipinski definition) is 2. The summed E-state index contributed by atoms with van der Waals surface area (Å²) in [4.78, 5) is 14.1. The van der Waals surface area contributed by atoms with Crippen LogP contribution >= 0.6 is 0 Å². The normalized spacial score (nSPS) is 23.5. The number of aryl methyl sites for hydroxylation is 1. The molecule has 0 aromatic heterocycles. The van der Waals surface area contributed by atoms with Crippen LogP contribution in [0.5, 0.6) is 0 Å². The third-order valence-electron chi connectivity index (χ3n) is 3.90. The van der Waals surface area contributed by atoms with Gasteiger partial charge in [0.2, 0.25) is 0 Å². The lowest BCUT2D eigenvalue weighted by Gasteiger charge is -2.36. The van der Waals surface area contributed by atoms with Gasteiger partial charge in [-0.1, -0.05) is 19.1 Å². The summed E-state index contributed by atoms with van der Waals surface area (Å²) in [5.74, 6) is -0.230. The number of methoxy groups -OCH3 is 1. The number of benzene rings is 1. The highest BCUT2D eigenvalue weighted by Crippen LogP contribution is 2.22. The van der Waals surface area contributed by atoms with Crippen LogP contribution in [-0.4, -0.2) is 37.1 Å². The molecule has 1 fully saturated rings. The van der Waals surface area contributed by atoms with Gasteiger partial charge in [0.15, 0.2) is 0 Å². The molecule has 3 nitrogen and oxygen atoms in total. The van der Waals surface area contributed by atoms with E-state index in [4.69, 9.17) is 4.74 Å². The molecular formula is C15H20FNO2. The molecule has 104 valence electrons. The molecule has 0 spiro atoms. The van der Waals surface area contributed by atoms with E-state index in [1.165, 1.54) is 0 Å². The minimum atomic E-state index is -0.417. The van der Waals surface area contributed by atoms with Crippen molar-refractivity contribution in [2.75, 3.05) is 20.2 Å². The largest absolute Gasteiger partial charge is 0.379 e. The molecular weight excluding hydrogens is 245 g/mol. The molecule has 2 atom stereocenters. The average molecular weight is 265 g/mol. The van der Waals surface area contributed by atoms with Gasteiger partial charge in [-0.05, 0) is 30.9 Å². The molecule has 1 saturated heterocycles. The van der Waals surface area contributed by atoms with Crippen LogP contribution in [0.1, 0.15) is 29.3 Å². The Balaban J connectivity index is 2.18. The summed E-state index contributed by atoms with van der Waals surface area (Å²) in [6.45, 7) is 4.97. The lowest BCUT2D eigenvalue weighted by molar-refractivity contribution is -0.00172. The van der Waals surface area contributed by atoms with E-state index in [1.54, 1.807) is 37.1 Å². The van der Waals surface area contributed by atoms with E-state index in [0.29, 0.717) is 24.6 Å². The van der Waals surface area contributed by atoms with Gasteiger partial charge in [0.1, 0.15) is 5.82 Å². The first kappa shape index (κ1) is 14.0. The molecule has 2 rings (SSSR count). The number of amides is 1. The highest BCUT2D eigenvalue weighted by atomic mass is 19.1. The van der Waals surface area contributed by atoms with Crippen molar-refractivity contribution in [3.8, 4) is 0 Å². The average Bonchev–Trinajstić information content (AvgIpc) is 2.41. The third-order valence-corrected chi connectivity index (χ3v) is 3.90. The summed E-state index contributed by atoms with van der Waals surface area (Å²) in [7, 11) is 1.66. The minimum absolute atomic E-state index is 0.0329. The maximum absolute atomic E-state index is 14.0. The van der Waals surface area contributed by atoms with Crippen LogP contribution < -0.4 is 0 Å². The van der Waals surface area contributed by atoms with Crippen molar-refractivity contribution < 1.29 is 13.9 Å². The predicted octanol–water partition coefficient (Wildman–Crippen LogP) is 2.63. The summed E-state index contributed by atoms with van der Waals surface area (Å²) >= 11 is 0. The Morgan fingerprint density at radius 2 is 2.21 bits per heavy atom. The molecule has 0 aliphatic carbocycles. The van der Waals surface area contributed by atoms with Crippen LogP contribution in [0, 0.1) is 18.7 Å². The Kier molecular flexibility index (Phi) is 4.20. The van der Waals surface area contributed by atoms with Gasteiger partial charge in [-0.25, -0.2) is 4.39 Å². The van der Waals surface area contributed by atoms with E-state index >= 15 is 0 Å². The molecule has 0 radical (unpaired) electrons. The fraction of sp³-hybridized carbons (Fsp3) is 0.533. The monoisotopic (exact) mass is 265 g/mol. The molecule has 1 aromatic carbocycles. The van der Waals surface area contributed by atoms with E-state index in [1.807, 2.05) is 0 Å². The third kappa shape index (κ3) is 2.78. The van der Waals surface area contributed by atoms with E-state index in [9.17, 15) is 9.18 Å². The zero-order chi connectivity index (χ0) is 14.0. The Morgan fingerprint density at radius 3 is 2.89 bits per heavy atom. The van der Waals surface area contributed by atoms with Crippen molar-refractivity contribution in [1.82, 2.24) is 4.90 Å². The van der Waals surface area contributed by atoms with Crippen LogP contribution in [0.4, 0.5) is 4.39 Å². The van der Waals surface area contributed by atoms with E-state index < -0.39 is 5.82 Å². The number of carbonyl (C=O) groups excluding carboxylic acids is 1. The number of rotatable bonds is 2. The summed E-state index contributed by atoms with van der Waals surface area (Å²) < 4.78 is 19.4. The molecule has 19 heavy (non-hydrogen) atoms. The van der Waals surface area contributed by atoms with Crippen LogP contribution in [0.2, 0.25) is 0 Å². The van der Waals surface area contributed by atoms with Crippen molar-refractivity contribution in [1.29, 1.82) is 0 Å². The van der Waals surface area contributed by atoms with Crippen molar-refractivity contribution in [2.45, 2.75) is 26.4 Å². The quantitative estimate of drug-likeness (QED) is 0.822. The molecule has 1 heterocycles. The van der Waals surface area contributed by atoms with Gasteiger partial charge < -0.3 is 9.64 Å². The standard InChI is InChI=1S/C15H20FNO2/c1-10-7-8-17(9-13(10)19-3)15(18)12-6-4-5-11(2)14(12)16/h4-6,10,13H,7-9H2,1-3H3. The van der Waals surface area contributed by atoms with E-state index in [-0.39, 0.29) is 17.6 Å². The Morgan fingerprint density at radius 1 is 1.47 bits per heavy atom. The van der Waals surface area contributed by atoms with Crippen molar-refractivity contribution in [3.63, 3.8) is 0 Å². The van der Waals surface area contributed by atoms with Gasteiger partial charge >= 0.3 is 0 Å². The van der Waals surface area contributed by atoms with Crippen molar-refractivity contribution in [2.24, 2.45) is 5.92 Å². The van der Waals surface area contributed by atoms with Gasteiger partial charge in [-0.3, -0.25) is 4.79 Å². The smallest absolute Gasteiger partial charge is 0.256 e. The predicted molar refractivity (Wildman–Crippen MR) is 71.6 cm³/mol. The number of piperidine rings is 1. The number of likely N-dealkylation sites (tertiary alicyclic amines) is 1. The molecule has 1 aliphatic rings. The second-order valence-electron chi connectivity index (χ2n) is 5.23. The van der Waals surface area contributed by atoms with Gasteiger partial charge in [-0.2, -0.15) is 0 Å². The van der Waals surface area contributed by atoms with Gasteiger partial charge in [0.05, 0.1) is 11.7 Å². The van der Waals surface area contributed by atoms with E-state index in [2.05, 4.69) is 6.92 Å². The second-order valence-corrected chi connectivity index (χ2v) is 5.23. The fourth-order valence-electron chi connectivity index (χ4n) is 2.51. The molecule has 1 aliphatic heterocycles. The van der Waals surface area contributed by atoms with Gasteiger partial charge in [0, 0.05) is 20.2 Å².